The maximum absolute atomic E-state index is 12.5. The highest BCUT2D eigenvalue weighted by atomic mass is 32.2. The summed E-state index contributed by atoms with van der Waals surface area (Å²) in [7, 11) is -3.45. The van der Waals surface area contributed by atoms with Crippen molar-refractivity contribution in [2.75, 3.05) is 30.7 Å². The van der Waals surface area contributed by atoms with Gasteiger partial charge in [-0.1, -0.05) is 12.1 Å². The molecule has 1 aromatic carbocycles. The predicted octanol–water partition coefficient (Wildman–Crippen LogP) is 2.68. The molecule has 0 radical (unpaired) electrons. The van der Waals surface area contributed by atoms with Crippen molar-refractivity contribution in [2.45, 2.75) is 33.0 Å². The van der Waals surface area contributed by atoms with E-state index in [2.05, 4.69) is 15.6 Å². The Kier molecular flexibility index (Phi) is 6.89. The summed E-state index contributed by atoms with van der Waals surface area (Å²) in [5.74, 6) is -0.155. The molecule has 10 heteroatoms. The average Bonchev–Trinajstić information content (AvgIpc) is 3.07. The summed E-state index contributed by atoms with van der Waals surface area (Å²) in [5.41, 5.74) is 2.38. The van der Waals surface area contributed by atoms with Crippen molar-refractivity contribution in [2.24, 2.45) is 0 Å². The second kappa shape index (κ2) is 9.21. The Labute approximate surface area is 175 Å². The Balaban J connectivity index is 1.51. The molecule has 2 heterocycles. The molecule has 0 saturated carbocycles. The van der Waals surface area contributed by atoms with E-state index in [1.165, 1.54) is 4.31 Å². The summed E-state index contributed by atoms with van der Waals surface area (Å²) in [4.78, 5) is 16.6. The number of aromatic nitrogens is 1. The van der Waals surface area contributed by atoms with Gasteiger partial charge in [0.05, 0.1) is 28.7 Å². The van der Waals surface area contributed by atoms with Gasteiger partial charge in [0.15, 0.2) is 0 Å². The van der Waals surface area contributed by atoms with Gasteiger partial charge in [-0.05, 0) is 32.9 Å². The molecule has 1 aromatic heterocycles. The van der Waals surface area contributed by atoms with Gasteiger partial charge in [0.2, 0.25) is 10.0 Å². The van der Waals surface area contributed by atoms with Gasteiger partial charge in [-0.15, -0.1) is 11.3 Å². The second-order valence-corrected chi connectivity index (χ2v) is 10.3. The largest absolute Gasteiger partial charge is 0.373 e. The van der Waals surface area contributed by atoms with Crippen LogP contribution in [0.3, 0.4) is 0 Å². The summed E-state index contributed by atoms with van der Waals surface area (Å²) in [6.45, 7) is 6.34. The normalized spacial score (nSPS) is 20.4. The summed E-state index contributed by atoms with van der Waals surface area (Å²) >= 11 is 1.56. The van der Waals surface area contributed by atoms with Crippen LogP contribution < -0.4 is 10.6 Å². The van der Waals surface area contributed by atoms with Crippen LogP contribution in [0.1, 0.15) is 18.9 Å². The molecule has 0 aliphatic carbocycles. The number of ether oxygens (including phenoxy) is 1. The SMILES string of the molecule is Cc1nc(-c2cccc(NC(=O)NCCS(=O)(=O)N3C[C@H](C)O[C@@H](C)C3)c2)cs1. The molecular weight excluding hydrogens is 412 g/mol. The van der Waals surface area contributed by atoms with Gasteiger partial charge in [0.25, 0.3) is 0 Å². The van der Waals surface area contributed by atoms with E-state index >= 15 is 0 Å². The van der Waals surface area contributed by atoms with Crippen LogP contribution in [0.4, 0.5) is 10.5 Å². The van der Waals surface area contributed by atoms with Gasteiger partial charge in [-0.25, -0.2) is 18.2 Å². The number of thiazole rings is 1. The minimum atomic E-state index is -3.45. The van der Waals surface area contributed by atoms with Crippen LogP contribution in [-0.4, -0.2) is 61.3 Å². The van der Waals surface area contributed by atoms with E-state index < -0.39 is 16.1 Å². The zero-order chi connectivity index (χ0) is 21.0. The lowest BCUT2D eigenvalue weighted by Gasteiger charge is -2.34. The number of nitrogens with one attached hydrogen (secondary N) is 2. The minimum Gasteiger partial charge on any atom is -0.373 e. The van der Waals surface area contributed by atoms with Gasteiger partial charge < -0.3 is 15.4 Å². The van der Waals surface area contributed by atoms with Crippen LogP contribution in [0.5, 0.6) is 0 Å². The fourth-order valence-corrected chi connectivity index (χ4v) is 5.32. The van der Waals surface area contributed by atoms with Crippen molar-refractivity contribution in [1.29, 1.82) is 0 Å². The maximum atomic E-state index is 12.5. The molecular formula is C19H26N4O4S2. The highest BCUT2D eigenvalue weighted by Gasteiger charge is 2.30. The Morgan fingerprint density at radius 3 is 2.69 bits per heavy atom. The molecule has 2 N–H and O–H groups in total. The lowest BCUT2D eigenvalue weighted by molar-refractivity contribution is -0.0440. The number of hydrogen-bond acceptors (Lipinski definition) is 6. The molecule has 1 saturated heterocycles. The Morgan fingerprint density at radius 1 is 1.31 bits per heavy atom. The summed E-state index contributed by atoms with van der Waals surface area (Å²) < 4.78 is 32.0. The number of amides is 2. The van der Waals surface area contributed by atoms with E-state index in [1.54, 1.807) is 17.4 Å². The molecule has 0 bridgehead atoms. The first-order valence-electron chi connectivity index (χ1n) is 9.43. The summed E-state index contributed by atoms with van der Waals surface area (Å²) in [6.07, 6.45) is -0.280. The standard InChI is InChI=1S/C19H26N4O4S2/c1-13-10-23(11-14(2)27-13)29(25,26)8-7-20-19(24)22-17-6-4-5-16(9-17)18-12-28-15(3)21-18/h4-6,9,12-14H,7-8,10-11H2,1-3H3,(H2,20,22,24)/t13-,14-/m0/s1. The van der Waals surface area contributed by atoms with Crippen LogP contribution in [-0.2, 0) is 14.8 Å². The fraction of sp³-hybridized carbons (Fsp3) is 0.474. The molecule has 29 heavy (non-hydrogen) atoms. The number of sulfonamides is 1. The molecule has 2 aromatic rings. The Bertz CT molecular complexity index is 951. The number of carbonyl (C=O) groups is 1. The molecule has 3 rings (SSSR count). The number of morpholine rings is 1. The predicted molar refractivity (Wildman–Crippen MR) is 115 cm³/mol. The lowest BCUT2D eigenvalue weighted by atomic mass is 10.1. The van der Waals surface area contributed by atoms with E-state index in [9.17, 15) is 13.2 Å². The molecule has 158 valence electrons. The molecule has 2 amide bonds. The van der Waals surface area contributed by atoms with Crippen LogP contribution >= 0.6 is 11.3 Å². The van der Waals surface area contributed by atoms with Crippen LogP contribution in [0, 0.1) is 6.92 Å². The highest BCUT2D eigenvalue weighted by Crippen LogP contribution is 2.24. The zero-order valence-corrected chi connectivity index (χ0v) is 18.3. The third kappa shape index (κ3) is 5.99. The fourth-order valence-electron chi connectivity index (χ4n) is 3.21. The zero-order valence-electron chi connectivity index (χ0n) is 16.7. The van der Waals surface area contributed by atoms with E-state index in [1.807, 2.05) is 44.4 Å². The molecule has 1 aliphatic rings. The molecule has 8 nitrogen and oxygen atoms in total. The molecule has 0 unspecified atom stereocenters. The van der Waals surface area contributed by atoms with Crippen LogP contribution in [0.25, 0.3) is 11.3 Å². The van der Waals surface area contributed by atoms with E-state index in [0.29, 0.717) is 18.8 Å². The van der Waals surface area contributed by atoms with Crippen molar-refractivity contribution >= 4 is 33.1 Å². The number of nitrogens with zero attached hydrogens (tertiary/aromatic N) is 2. The van der Waals surface area contributed by atoms with Gasteiger partial charge in [-0.2, -0.15) is 4.31 Å². The van der Waals surface area contributed by atoms with Crippen molar-refractivity contribution in [1.82, 2.24) is 14.6 Å². The first-order chi connectivity index (χ1) is 13.7. The maximum Gasteiger partial charge on any atom is 0.319 e. The van der Waals surface area contributed by atoms with Crippen molar-refractivity contribution in [3.05, 3.63) is 34.7 Å². The number of rotatable bonds is 6. The average molecular weight is 439 g/mol. The first-order valence-corrected chi connectivity index (χ1v) is 11.9. The Hall–Kier alpha value is -2.01. The van der Waals surface area contributed by atoms with Crippen LogP contribution in [0.15, 0.2) is 29.6 Å². The first kappa shape index (κ1) is 21.7. The van der Waals surface area contributed by atoms with E-state index in [0.717, 1.165) is 16.3 Å². The second-order valence-electron chi connectivity index (χ2n) is 7.10. The number of aryl methyl sites for hydroxylation is 1. The van der Waals surface area contributed by atoms with E-state index in [-0.39, 0.29) is 24.5 Å². The molecule has 1 fully saturated rings. The number of carbonyl (C=O) groups excluding carboxylic acids is 1. The molecule has 2 atom stereocenters. The van der Waals surface area contributed by atoms with E-state index in [4.69, 9.17) is 4.74 Å². The monoisotopic (exact) mass is 438 g/mol. The topological polar surface area (TPSA) is 101 Å². The van der Waals surface area contributed by atoms with Crippen molar-refractivity contribution < 1.29 is 17.9 Å². The molecule has 0 spiro atoms. The molecule has 1 aliphatic heterocycles. The van der Waals surface area contributed by atoms with Crippen molar-refractivity contribution in [3.8, 4) is 11.3 Å². The highest BCUT2D eigenvalue weighted by molar-refractivity contribution is 7.89. The smallest absolute Gasteiger partial charge is 0.319 e. The van der Waals surface area contributed by atoms with Gasteiger partial charge >= 0.3 is 6.03 Å². The van der Waals surface area contributed by atoms with Crippen LogP contribution in [0.2, 0.25) is 0 Å². The third-order valence-corrected chi connectivity index (χ3v) is 7.04. The number of benzene rings is 1. The minimum absolute atomic E-state index is 0.0270. The summed E-state index contributed by atoms with van der Waals surface area (Å²) in [5, 5.41) is 8.29. The summed E-state index contributed by atoms with van der Waals surface area (Å²) in [6, 6.07) is 6.92. The van der Waals surface area contributed by atoms with Gasteiger partial charge in [0.1, 0.15) is 0 Å². The van der Waals surface area contributed by atoms with Gasteiger partial charge in [0, 0.05) is 36.3 Å². The third-order valence-electron chi connectivity index (χ3n) is 4.46. The van der Waals surface area contributed by atoms with Gasteiger partial charge in [-0.3, -0.25) is 0 Å². The number of hydrogen-bond donors (Lipinski definition) is 2. The Morgan fingerprint density at radius 2 is 2.03 bits per heavy atom. The van der Waals surface area contributed by atoms with Crippen molar-refractivity contribution in [3.63, 3.8) is 0 Å². The number of urea groups is 1. The quantitative estimate of drug-likeness (QED) is 0.722. The number of anilines is 1. The lowest BCUT2D eigenvalue weighted by Crippen LogP contribution is -2.49.